The summed E-state index contributed by atoms with van der Waals surface area (Å²) in [5.74, 6) is 0.163. The molecule has 0 bridgehead atoms. The van der Waals surface area contributed by atoms with E-state index in [0.29, 0.717) is 11.1 Å². The van der Waals surface area contributed by atoms with Crippen molar-refractivity contribution in [3.05, 3.63) is 59.0 Å². The second-order valence-electron chi connectivity index (χ2n) is 6.75. The van der Waals surface area contributed by atoms with Crippen molar-refractivity contribution >= 4 is 27.5 Å². The monoisotopic (exact) mass is 361 g/mol. The molecule has 3 heterocycles. The zero-order chi connectivity index (χ0) is 18.4. The van der Waals surface area contributed by atoms with Crippen molar-refractivity contribution in [1.29, 1.82) is 0 Å². The molecular weight excluding hydrogens is 342 g/mol. The van der Waals surface area contributed by atoms with Crippen molar-refractivity contribution in [2.24, 2.45) is 0 Å². The van der Waals surface area contributed by atoms with Crippen LogP contribution in [0.1, 0.15) is 0 Å². The molecule has 0 atom stereocenters. The van der Waals surface area contributed by atoms with Gasteiger partial charge in [-0.05, 0) is 42.5 Å². The number of nitrogens with one attached hydrogen (secondary N) is 2. The van der Waals surface area contributed by atoms with Crippen LogP contribution in [0.5, 0.6) is 5.75 Å². The Bertz CT molecular complexity index is 1190. The average Bonchev–Trinajstić information content (AvgIpc) is 3.06. The third kappa shape index (κ3) is 2.63. The van der Waals surface area contributed by atoms with Crippen LogP contribution in [0.15, 0.2) is 53.5 Å². The van der Waals surface area contributed by atoms with Crippen molar-refractivity contribution in [3.63, 3.8) is 0 Å². The number of anilines is 1. The standard InChI is InChI=1S/C20H19N5O2/c26-15-4-1-13(2-5-15)25-20(27)17-12-22-18-6-3-14(11-16(18)19(17)23-25)24-9-7-21-8-10-24/h1-6,11-12,21,23,26H,7-10H2. The van der Waals surface area contributed by atoms with Gasteiger partial charge in [0, 0.05) is 43.4 Å². The van der Waals surface area contributed by atoms with E-state index in [4.69, 9.17) is 0 Å². The van der Waals surface area contributed by atoms with Gasteiger partial charge in [0.15, 0.2) is 0 Å². The fourth-order valence-electron chi connectivity index (χ4n) is 3.65. The van der Waals surface area contributed by atoms with Crippen molar-refractivity contribution < 1.29 is 5.11 Å². The normalized spacial score (nSPS) is 14.9. The summed E-state index contributed by atoms with van der Waals surface area (Å²) >= 11 is 0. The lowest BCUT2D eigenvalue weighted by Gasteiger charge is -2.29. The molecule has 0 spiro atoms. The summed E-state index contributed by atoms with van der Waals surface area (Å²) in [7, 11) is 0. The van der Waals surface area contributed by atoms with E-state index in [-0.39, 0.29) is 11.3 Å². The maximum absolute atomic E-state index is 12.9. The van der Waals surface area contributed by atoms with Crippen LogP contribution < -0.4 is 15.8 Å². The number of aromatic amines is 1. The number of fused-ring (bicyclic) bond motifs is 3. The summed E-state index contributed by atoms with van der Waals surface area (Å²) in [5, 5.41) is 17.6. The number of phenolic OH excluding ortho intramolecular Hbond substituents is 1. The Labute approximate surface area is 154 Å². The zero-order valence-electron chi connectivity index (χ0n) is 14.6. The SMILES string of the molecule is O=c1c2cnc3ccc(N4CCNCC4)cc3c2[nH]n1-c1ccc(O)cc1. The van der Waals surface area contributed by atoms with Crippen LogP contribution in [0.2, 0.25) is 0 Å². The van der Waals surface area contributed by atoms with Gasteiger partial charge in [-0.15, -0.1) is 0 Å². The lowest BCUT2D eigenvalue weighted by atomic mass is 10.1. The van der Waals surface area contributed by atoms with Crippen molar-refractivity contribution in [2.75, 3.05) is 31.1 Å². The molecule has 7 nitrogen and oxygen atoms in total. The number of aromatic hydroxyl groups is 1. The molecule has 1 aliphatic rings. The smallest absolute Gasteiger partial charge is 0.280 e. The molecule has 1 aliphatic heterocycles. The van der Waals surface area contributed by atoms with Crippen LogP contribution in [-0.4, -0.2) is 46.1 Å². The molecule has 0 aliphatic carbocycles. The van der Waals surface area contributed by atoms with Gasteiger partial charge in [-0.1, -0.05) is 0 Å². The van der Waals surface area contributed by atoms with Crippen LogP contribution in [0, 0.1) is 0 Å². The van der Waals surface area contributed by atoms with E-state index in [2.05, 4.69) is 32.4 Å². The highest BCUT2D eigenvalue weighted by atomic mass is 16.3. The van der Waals surface area contributed by atoms with E-state index in [1.165, 1.54) is 4.68 Å². The maximum Gasteiger partial charge on any atom is 0.280 e. The first-order chi connectivity index (χ1) is 13.2. The van der Waals surface area contributed by atoms with Crippen LogP contribution in [0.3, 0.4) is 0 Å². The van der Waals surface area contributed by atoms with Gasteiger partial charge in [0.25, 0.3) is 5.56 Å². The Balaban J connectivity index is 1.70. The predicted molar refractivity (Wildman–Crippen MR) is 106 cm³/mol. The Morgan fingerprint density at radius 3 is 2.48 bits per heavy atom. The molecule has 136 valence electrons. The number of hydrogen-bond donors (Lipinski definition) is 3. The molecular formula is C20H19N5O2. The zero-order valence-corrected chi connectivity index (χ0v) is 14.6. The first-order valence-electron chi connectivity index (χ1n) is 8.99. The number of phenols is 1. The average molecular weight is 361 g/mol. The molecule has 7 heteroatoms. The Kier molecular flexibility index (Phi) is 3.61. The molecule has 0 unspecified atom stereocenters. The Morgan fingerprint density at radius 1 is 0.963 bits per heavy atom. The number of nitrogens with zero attached hydrogens (tertiary/aromatic N) is 3. The highest BCUT2D eigenvalue weighted by molar-refractivity contribution is 6.04. The molecule has 5 rings (SSSR count). The molecule has 27 heavy (non-hydrogen) atoms. The minimum absolute atomic E-state index is 0.155. The summed E-state index contributed by atoms with van der Waals surface area (Å²) in [6, 6.07) is 12.7. The topological polar surface area (TPSA) is 86.2 Å². The maximum atomic E-state index is 12.9. The molecule has 0 amide bonds. The van der Waals surface area contributed by atoms with Gasteiger partial charge in [0.2, 0.25) is 0 Å². The van der Waals surface area contributed by atoms with E-state index in [9.17, 15) is 9.90 Å². The van der Waals surface area contributed by atoms with Crippen molar-refractivity contribution in [3.8, 4) is 11.4 Å². The number of pyridine rings is 1. The lowest BCUT2D eigenvalue weighted by molar-refractivity contribution is 0.475. The van der Waals surface area contributed by atoms with Crippen molar-refractivity contribution in [2.45, 2.75) is 0 Å². The first kappa shape index (κ1) is 15.9. The molecule has 4 aromatic rings. The third-order valence-corrected chi connectivity index (χ3v) is 5.10. The lowest BCUT2D eigenvalue weighted by Crippen LogP contribution is -2.43. The molecule has 0 saturated carbocycles. The summed E-state index contributed by atoms with van der Waals surface area (Å²) < 4.78 is 1.49. The van der Waals surface area contributed by atoms with E-state index in [1.54, 1.807) is 30.5 Å². The number of benzene rings is 2. The largest absolute Gasteiger partial charge is 0.508 e. The van der Waals surface area contributed by atoms with E-state index >= 15 is 0 Å². The second kappa shape index (κ2) is 6.14. The fraction of sp³-hybridized carbons (Fsp3) is 0.200. The summed E-state index contributed by atoms with van der Waals surface area (Å²) in [4.78, 5) is 19.7. The van der Waals surface area contributed by atoms with Gasteiger partial charge in [0.1, 0.15) is 5.75 Å². The molecule has 3 N–H and O–H groups in total. The van der Waals surface area contributed by atoms with Gasteiger partial charge < -0.3 is 15.3 Å². The summed E-state index contributed by atoms with van der Waals surface area (Å²) in [6.07, 6.45) is 1.62. The van der Waals surface area contributed by atoms with Crippen LogP contribution in [0.25, 0.3) is 27.5 Å². The van der Waals surface area contributed by atoms with Crippen LogP contribution in [-0.2, 0) is 0 Å². The van der Waals surface area contributed by atoms with E-state index < -0.39 is 0 Å². The summed E-state index contributed by atoms with van der Waals surface area (Å²) in [6.45, 7) is 3.85. The van der Waals surface area contributed by atoms with Gasteiger partial charge >= 0.3 is 0 Å². The highest BCUT2D eigenvalue weighted by Crippen LogP contribution is 2.26. The Hall–Kier alpha value is -3.32. The van der Waals surface area contributed by atoms with E-state index in [0.717, 1.165) is 48.3 Å². The number of aromatic nitrogens is 3. The van der Waals surface area contributed by atoms with Gasteiger partial charge in [-0.2, -0.15) is 0 Å². The van der Waals surface area contributed by atoms with E-state index in [1.807, 2.05) is 6.07 Å². The molecule has 0 radical (unpaired) electrons. The van der Waals surface area contributed by atoms with Gasteiger partial charge in [-0.25, -0.2) is 4.68 Å². The number of hydrogen-bond acceptors (Lipinski definition) is 5. The minimum Gasteiger partial charge on any atom is -0.508 e. The number of rotatable bonds is 2. The summed E-state index contributed by atoms with van der Waals surface area (Å²) in [5.41, 5.74) is 3.27. The number of piperazine rings is 1. The molecule has 1 fully saturated rings. The fourth-order valence-corrected chi connectivity index (χ4v) is 3.65. The molecule has 2 aromatic carbocycles. The Morgan fingerprint density at radius 2 is 1.70 bits per heavy atom. The van der Waals surface area contributed by atoms with Gasteiger partial charge in [0.05, 0.1) is 22.1 Å². The van der Waals surface area contributed by atoms with Crippen LogP contribution >= 0.6 is 0 Å². The first-order valence-corrected chi connectivity index (χ1v) is 8.99. The quantitative estimate of drug-likeness (QED) is 0.508. The molecule has 2 aromatic heterocycles. The van der Waals surface area contributed by atoms with Crippen LogP contribution in [0.4, 0.5) is 5.69 Å². The predicted octanol–water partition coefficient (Wildman–Crippen LogP) is 1.98. The minimum atomic E-state index is -0.155. The number of H-pyrrole nitrogens is 1. The van der Waals surface area contributed by atoms with Crippen molar-refractivity contribution in [1.82, 2.24) is 20.1 Å². The third-order valence-electron chi connectivity index (χ3n) is 5.10. The molecule has 1 saturated heterocycles. The second-order valence-corrected chi connectivity index (χ2v) is 6.75. The van der Waals surface area contributed by atoms with Gasteiger partial charge in [-0.3, -0.25) is 14.9 Å². The highest BCUT2D eigenvalue weighted by Gasteiger charge is 2.15.